The summed E-state index contributed by atoms with van der Waals surface area (Å²) in [6.07, 6.45) is 0.609. The molecule has 0 aliphatic carbocycles. The summed E-state index contributed by atoms with van der Waals surface area (Å²) in [5.74, 6) is -0.0165. The Bertz CT molecular complexity index is 1090. The average Bonchev–Trinajstić information content (AvgIpc) is 2.96. The van der Waals surface area contributed by atoms with E-state index >= 15 is 0 Å². The van der Waals surface area contributed by atoms with Gasteiger partial charge in [0.15, 0.2) is 0 Å². The van der Waals surface area contributed by atoms with Gasteiger partial charge in [-0.05, 0) is 43.7 Å². The van der Waals surface area contributed by atoms with E-state index in [2.05, 4.69) is 11.2 Å². The Balaban J connectivity index is 2.02. The summed E-state index contributed by atoms with van der Waals surface area (Å²) in [6, 6.07) is 15.0. The second kappa shape index (κ2) is 7.87. The number of benzene rings is 2. The van der Waals surface area contributed by atoms with E-state index in [-0.39, 0.29) is 5.91 Å². The van der Waals surface area contributed by atoms with E-state index in [1.807, 2.05) is 48.9 Å². The van der Waals surface area contributed by atoms with Crippen molar-refractivity contribution in [2.24, 2.45) is 0 Å². The van der Waals surface area contributed by atoms with Crippen LogP contribution in [0.4, 0.5) is 0 Å². The van der Waals surface area contributed by atoms with Crippen molar-refractivity contribution in [3.05, 3.63) is 81.1 Å². The van der Waals surface area contributed by atoms with Crippen molar-refractivity contribution in [3.8, 4) is 11.8 Å². The molecule has 0 unspecified atom stereocenters. The molecule has 0 saturated heterocycles. The predicted molar refractivity (Wildman–Crippen MR) is 110 cm³/mol. The zero-order chi connectivity index (χ0) is 20.4. The molecule has 2 aromatic carbocycles. The van der Waals surface area contributed by atoms with Gasteiger partial charge in [-0.15, -0.1) is 0 Å². The van der Waals surface area contributed by atoms with Gasteiger partial charge in [0.1, 0.15) is 6.07 Å². The summed E-state index contributed by atoms with van der Waals surface area (Å²) >= 11 is 6.19. The van der Waals surface area contributed by atoms with Gasteiger partial charge in [-0.25, -0.2) is 4.68 Å². The van der Waals surface area contributed by atoms with Gasteiger partial charge in [0.05, 0.1) is 22.0 Å². The lowest BCUT2D eigenvalue weighted by atomic mass is 9.98. The molecule has 3 rings (SSSR count). The zero-order valence-corrected chi connectivity index (χ0v) is 17.1. The molecular formula is C22H21ClN4O. The SMILES string of the molecule is Cc1nn(-c2ccc(C#N)c(Cl)c2)c(C)c1Cc1ccccc1C(=O)N(C)C. The van der Waals surface area contributed by atoms with Crippen molar-refractivity contribution < 1.29 is 4.79 Å². The molecule has 28 heavy (non-hydrogen) atoms. The van der Waals surface area contributed by atoms with Crippen molar-refractivity contribution in [2.45, 2.75) is 20.3 Å². The van der Waals surface area contributed by atoms with Crippen LogP contribution in [0.1, 0.15) is 38.4 Å². The fourth-order valence-corrected chi connectivity index (χ4v) is 3.44. The van der Waals surface area contributed by atoms with Crippen molar-refractivity contribution >= 4 is 17.5 Å². The molecule has 0 aliphatic heterocycles. The third-order valence-corrected chi connectivity index (χ3v) is 5.09. The van der Waals surface area contributed by atoms with Gasteiger partial charge in [-0.3, -0.25) is 4.79 Å². The smallest absolute Gasteiger partial charge is 0.253 e. The molecule has 142 valence electrons. The van der Waals surface area contributed by atoms with E-state index < -0.39 is 0 Å². The number of carbonyl (C=O) groups excluding carboxylic acids is 1. The maximum Gasteiger partial charge on any atom is 0.253 e. The Kier molecular flexibility index (Phi) is 5.53. The quantitative estimate of drug-likeness (QED) is 0.664. The van der Waals surface area contributed by atoms with E-state index in [1.165, 1.54) is 0 Å². The summed E-state index contributed by atoms with van der Waals surface area (Å²) in [7, 11) is 3.50. The maximum atomic E-state index is 12.5. The highest BCUT2D eigenvalue weighted by molar-refractivity contribution is 6.31. The van der Waals surface area contributed by atoms with Crippen LogP contribution in [0.25, 0.3) is 5.69 Å². The van der Waals surface area contributed by atoms with Crippen LogP contribution in [-0.2, 0) is 6.42 Å². The molecule has 0 aliphatic rings. The molecule has 0 bridgehead atoms. The van der Waals surface area contributed by atoms with E-state index in [0.29, 0.717) is 22.6 Å². The third-order valence-electron chi connectivity index (χ3n) is 4.78. The molecule has 1 amide bonds. The molecular weight excluding hydrogens is 372 g/mol. The number of rotatable bonds is 4. The number of nitriles is 1. The van der Waals surface area contributed by atoms with Crippen LogP contribution in [0.2, 0.25) is 5.02 Å². The van der Waals surface area contributed by atoms with Crippen LogP contribution in [-0.4, -0.2) is 34.7 Å². The summed E-state index contributed by atoms with van der Waals surface area (Å²) in [6.45, 7) is 3.96. The van der Waals surface area contributed by atoms with Crippen molar-refractivity contribution in [1.29, 1.82) is 5.26 Å². The van der Waals surface area contributed by atoms with E-state index in [9.17, 15) is 4.79 Å². The van der Waals surface area contributed by atoms with Crippen molar-refractivity contribution in [1.82, 2.24) is 14.7 Å². The second-order valence-electron chi connectivity index (χ2n) is 6.87. The minimum absolute atomic E-state index is 0.0165. The number of halogens is 1. The zero-order valence-electron chi connectivity index (χ0n) is 16.3. The van der Waals surface area contributed by atoms with Crippen molar-refractivity contribution in [3.63, 3.8) is 0 Å². The second-order valence-corrected chi connectivity index (χ2v) is 7.28. The van der Waals surface area contributed by atoms with Gasteiger partial charge < -0.3 is 4.90 Å². The Labute approximate surface area is 169 Å². The summed E-state index contributed by atoms with van der Waals surface area (Å²) < 4.78 is 1.83. The van der Waals surface area contributed by atoms with E-state index in [4.69, 9.17) is 16.9 Å². The number of aromatic nitrogens is 2. The molecule has 6 heteroatoms. The lowest BCUT2D eigenvalue weighted by molar-refractivity contribution is 0.0826. The Morgan fingerprint density at radius 2 is 1.93 bits per heavy atom. The number of carbonyl (C=O) groups is 1. The average molecular weight is 393 g/mol. The highest BCUT2D eigenvalue weighted by Crippen LogP contribution is 2.25. The van der Waals surface area contributed by atoms with Gasteiger partial charge in [0.2, 0.25) is 0 Å². The fraction of sp³-hybridized carbons (Fsp3) is 0.227. The minimum Gasteiger partial charge on any atom is -0.345 e. The summed E-state index contributed by atoms with van der Waals surface area (Å²) in [5, 5.41) is 14.1. The van der Waals surface area contributed by atoms with Crippen LogP contribution >= 0.6 is 11.6 Å². The fourth-order valence-electron chi connectivity index (χ4n) is 3.22. The highest BCUT2D eigenvalue weighted by atomic mass is 35.5. The largest absolute Gasteiger partial charge is 0.345 e. The first-order chi connectivity index (χ1) is 13.3. The van der Waals surface area contributed by atoms with Gasteiger partial charge in [0.25, 0.3) is 5.91 Å². The topological polar surface area (TPSA) is 61.9 Å². The van der Waals surface area contributed by atoms with Gasteiger partial charge in [-0.2, -0.15) is 10.4 Å². The Hall–Kier alpha value is -3.10. The Morgan fingerprint density at radius 3 is 2.57 bits per heavy atom. The molecule has 0 atom stereocenters. The molecule has 0 radical (unpaired) electrons. The van der Waals surface area contributed by atoms with Crippen LogP contribution in [0.5, 0.6) is 0 Å². The molecule has 0 spiro atoms. The lowest BCUT2D eigenvalue weighted by Gasteiger charge is -2.14. The van der Waals surface area contributed by atoms with Gasteiger partial charge in [-0.1, -0.05) is 29.8 Å². The standard InChI is InChI=1S/C22H21ClN4O/c1-14-20(11-16-7-5-6-8-19(16)22(28)26(3)4)15(2)27(25-14)18-10-9-17(13-24)21(23)12-18/h5-10,12H,11H2,1-4H3. The first-order valence-corrected chi connectivity index (χ1v) is 9.26. The van der Waals surface area contributed by atoms with Crippen LogP contribution in [0.15, 0.2) is 42.5 Å². The first-order valence-electron chi connectivity index (χ1n) is 8.88. The molecule has 1 aromatic heterocycles. The van der Waals surface area contributed by atoms with Gasteiger partial charge in [0, 0.05) is 37.3 Å². The minimum atomic E-state index is -0.0165. The Morgan fingerprint density at radius 1 is 1.21 bits per heavy atom. The molecule has 0 N–H and O–H groups in total. The van der Waals surface area contributed by atoms with Crippen LogP contribution < -0.4 is 0 Å². The highest BCUT2D eigenvalue weighted by Gasteiger charge is 2.18. The molecule has 5 nitrogen and oxygen atoms in total. The normalized spacial score (nSPS) is 10.6. The number of nitrogens with zero attached hydrogens (tertiary/aromatic N) is 4. The van der Waals surface area contributed by atoms with Crippen LogP contribution in [0, 0.1) is 25.2 Å². The van der Waals surface area contributed by atoms with E-state index in [1.54, 1.807) is 31.1 Å². The summed E-state index contributed by atoms with van der Waals surface area (Å²) in [5.41, 5.74) is 5.83. The molecule has 3 aromatic rings. The van der Waals surface area contributed by atoms with E-state index in [0.717, 1.165) is 28.2 Å². The number of amides is 1. The first kappa shape index (κ1) is 19.7. The number of hydrogen-bond acceptors (Lipinski definition) is 3. The predicted octanol–water partition coefficient (Wildman–Crippen LogP) is 4.31. The molecule has 0 saturated carbocycles. The number of hydrogen-bond donors (Lipinski definition) is 0. The van der Waals surface area contributed by atoms with Crippen LogP contribution in [0.3, 0.4) is 0 Å². The lowest BCUT2D eigenvalue weighted by Crippen LogP contribution is -2.23. The molecule has 0 fully saturated rings. The summed E-state index contributed by atoms with van der Waals surface area (Å²) in [4.78, 5) is 14.1. The molecule has 1 heterocycles. The monoisotopic (exact) mass is 392 g/mol. The maximum absolute atomic E-state index is 12.5. The number of aryl methyl sites for hydroxylation is 1. The van der Waals surface area contributed by atoms with Gasteiger partial charge >= 0.3 is 0 Å². The third kappa shape index (κ3) is 3.64. The van der Waals surface area contributed by atoms with Crippen molar-refractivity contribution in [2.75, 3.05) is 14.1 Å².